The van der Waals surface area contributed by atoms with Gasteiger partial charge in [-0.05, 0) is 18.9 Å². The zero-order valence-electron chi connectivity index (χ0n) is 16.4. The molecule has 0 fully saturated rings. The molecule has 0 unspecified atom stereocenters. The molecule has 5 nitrogen and oxygen atoms in total. The molecular formula is C24H21NO4. The summed E-state index contributed by atoms with van der Waals surface area (Å²) in [6.45, 7) is 3.90. The van der Waals surface area contributed by atoms with E-state index in [-0.39, 0.29) is 23.7 Å². The zero-order chi connectivity index (χ0) is 20.5. The van der Waals surface area contributed by atoms with E-state index in [0.717, 1.165) is 0 Å². The van der Waals surface area contributed by atoms with Crippen LogP contribution in [0.15, 0.2) is 54.6 Å². The van der Waals surface area contributed by atoms with Gasteiger partial charge in [0.2, 0.25) is 0 Å². The Morgan fingerprint density at radius 2 is 1.45 bits per heavy atom. The van der Waals surface area contributed by atoms with Crippen LogP contribution in [0.1, 0.15) is 57.8 Å². The summed E-state index contributed by atoms with van der Waals surface area (Å²) in [5.74, 6) is -0.465. The molecule has 29 heavy (non-hydrogen) atoms. The standard InChI is InChI=1S/C24H21NO4/c1-3-10-18-19-20(23(27)17-14-9-8-13-16(17)22(19)26)21(15-11-6-5-7-12-15)25(18)24(28)29-4-2/h5-9,11-14H,3-4,10H2,1-2H3. The highest BCUT2D eigenvalue weighted by Gasteiger charge is 2.39. The first-order valence-corrected chi connectivity index (χ1v) is 9.78. The molecule has 0 aliphatic heterocycles. The van der Waals surface area contributed by atoms with Crippen LogP contribution in [-0.4, -0.2) is 28.8 Å². The van der Waals surface area contributed by atoms with Crippen molar-refractivity contribution in [3.8, 4) is 11.3 Å². The molecule has 0 saturated carbocycles. The fourth-order valence-electron chi connectivity index (χ4n) is 3.97. The van der Waals surface area contributed by atoms with Crippen LogP contribution in [-0.2, 0) is 11.2 Å². The van der Waals surface area contributed by atoms with Crippen molar-refractivity contribution in [1.29, 1.82) is 0 Å². The number of benzene rings is 2. The molecule has 0 bridgehead atoms. The summed E-state index contributed by atoms with van der Waals surface area (Å²) in [5.41, 5.74) is 3.01. The maximum atomic E-state index is 13.5. The molecule has 1 aliphatic carbocycles. The summed E-state index contributed by atoms with van der Waals surface area (Å²) in [7, 11) is 0. The van der Waals surface area contributed by atoms with Gasteiger partial charge >= 0.3 is 6.09 Å². The van der Waals surface area contributed by atoms with Crippen LogP contribution in [0.3, 0.4) is 0 Å². The number of nitrogens with zero attached hydrogens (tertiary/aromatic N) is 1. The smallest absolute Gasteiger partial charge is 0.418 e. The SMILES string of the molecule is CCCc1c2c(c(-c3ccccc3)n1C(=O)OCC)C(=O)c1ccccc1C2=O. The van der Waals surface area contributed by atoms with Gasteiger partial charge in [0.25, 0.3) is 0 Å². The molecule has 0 spiro atoms. The monoisotopic (exact) mass is 387 g/mol. The van der Waals surface area contributed by atoms with Crippen LogP contribution in [0, 0.1) is 0 Å². The second-order valence-electron chi connectivity index (χ2n) is 6.90. The lowest BCUT2D eigenvalue weighted by atomic mass is 9.83. The van der Waals surface area contributed by atoms with E-state index in [0.29, 0.717) is 46.5 Å². The minimum Gasteiger partial charge on any atom is -0.449 e. The molecule has 1 aromatic heterocycles. The highest BCUT2D eigenvalue weighted by Crippen LogP contribution is 2.39. The molecule has 0 amide bonds. The predicted molar refractivity (Wildman–Crippen MR) is 110 cm³/mol. The van der Waals surface area contributed by atoms with Gasteiger partial charge in [-0.1, -0.05) is 67.9 Å². The molecular weight excluding hydrogens is 366 g/mol. The van der Waals surface area contributed by atoms with Gasteiger partial charge in [0.05, 0.1) is 23.4 Å². The second-order valence-corrected chi connectivity index (χ2v) is 6.90. The number of ether oxygens (including phenoxy) is 1. The van der Waals surface area contributed by atoms with Crippen LogP contribution in [0.5, 0.6) is 0 Å². The van der Waals surface area contributed by atoms with Crippen LogP contribution < -0.4 is 0 Å². The van der Waals surface area contributed by atoms with Gasteiger partial charge in [-0.2, -0.15) is 0 Å². The molecule has 1 aliphatic rings. The highest BCUT2D eigenvalue weighted by molar-refractivity contribution is 6.31. The first kappa shape index (κ1) is 18.9. The Hall–Kier alpha value is -3.47. The van der Waals surface area contributed by atoms with E-state index >= 15 is 0 Å². The minimum absolute atomic E-state index is 0.198. The van der Waals surface area contributed by atoms with Crippen LogP contribution in [0.25, 0.3) is 11.3 Å². The Kier molecular flexibility index (Phi) is 4.89. The Bertz CT molecular complexity index is 1130. The summed E-state index contributed by atoms with van der Waals surface area (Å²) in [5, 5.41) is 0. The number of aromatic nitrogens is 1. The van der Waals surface area contributed by atoms with Crippen LogP contribution >= 0.6 is 0 Å². The van der Waals surface area contributed by atoms with Crippen molar-refractivity contribution in [3.05, 3.63) is 82.5 Å². The zero-order valence-corrected chi connectivity index (χ0v) is 16.4. The molecule has 0 radical (unpaired) electrons. The van der Waals surface area contributed by atoms with Crippen LogP contribution in [0.4, 0.5) is 4.79 Å². The average Bonchev–Trinajstić information content (AvgIpc) is 3.08. The van der Waals surface area contributed by atoms with Gasteiger partial charge in [0.1, 0.15) is 0 Å². The fourth-order valence-corrected chi connectivity index (χ4v) is 3.97. The molecule has 0 N–H and O–H groups in total. The number of rotatable bonds is 4. The predicted octanol–water partition coefficient (Wildman–Crippen LogP) is 4.89. The summed E-state index contributed by atoms with van der Waals surface area (Å²) >= 11 is 0. The number of hydrogen-bond donors (Lipinski definition) is 0. The molecule has 0 atom stereocenters. The third-order valence-electron chi connectivity index (χ3n) is 5.12. The van der Waals surface area contributed by atoms with Gasteiger partial charge in [-0.3, -0.25) is 9.59 Å². The minimum atomic E-state index is -0.575. The quantitative estimate of drug-likeness (QED) is 0.500. The van der Waals surface area contributed by atoms with Crippen molar-refractivity contribution in [2.24, 2.45) is 0 Å². The lowest BCUT2D eigenvalue weighted by Gasteiger charge is -2.16. The fraction of sp³-hybridized carbons (Fsp3) is 0.208. The van der Waals surface area contributed by atoms with E-state index in [9.17, 15) is 14.4 Å². The van der Waals surface area contributed by atoms with E-state index in [4.69, 9.17) is 4.74 Å². The molecule has 1 heterocycles. The van der Waals surface area contributed by atoms with E-state index < -0.39 is 6.09 Å². The third-order valence-corrected chi connectivity index (χ3v) is 5.12. The van der Waals surface area contributed by atoms with E-state index in [1.165, 1.54) is 4.57 Å². The maximum Gasteiger partial charge on any atom is 0.418 e. The summed E-state index contributed by atoms with van der Waals surface area (Å²) in [4.78, 5) is 39.8. The van der Waals surface area contributed by atoms with Crippen molar-refractivity contribution >= 4 is 17.7 Å². The van der Waals surface area contributed by atoms with Crippen molar-refractivity contribution in [2.45, 2.75) is 26.7 Å². The highest BCUT2D eigenvalue weighted by atomic mass is 16.5. The number of carbonyl (C=O) groups is 3. The number of fused-ring (bicyclic) bond motifs is 2. The molecule has 2 aromatic carbocycles. The Labute approximate surface area is 168 Å². The van der Waals surface area contributed by atoms with Crippen molar-refractivity contribution in [2.75, 3.05) is 6.61 Å². The Balaban J connectivity index is 2.11. The lowest BCUT2D eigenvalue weighted by Crippen LogP contribution is -2.21. The number of ketones is 2. The average molecular weight is 387 g/mol. The normalized spacial score (nSPS) is 12.5. The van der Waals surface area contributed by atoms with Gasteiger partial charge < -0.3 is 4.74 Å². The summed E-state index contributed by atoms with van der Waals surface area (Å²) < 4.78 is 6.73. The van der Waals surface area contributed by atoms with Gasteiger partial charge in [0, 0.05) is 16.8 Å². The molecule has 4 rings (SSSR count). The molecule has 146 valence electrons. The van der Waals surface area contributed by atoms with Gasteiger partial charge in [-0.25, -0.2) is 9.36 Å². The second kappa shape index (κ2) is 7.51. The lowest BCUT2D eigenvalue weighted by molar-refractivity contribution is 0.0979. The van der Waals surface area contributed by atoms with E-state index in [2.05, 4.69) is 0 Å². The Morgan fingerprint density at radius 1 is 0.862 bits per heavy atom. The Morgan fingerprint density at radius 3 is 2.03 bits per heavy atom. The molecule has 3 aromatic rings. The summed E-state index contributed by atoms with van der Waals surface area (Å²) in [6.07, 6.45) is 0.622. The van der Waals surface area contributed by atoms with Crippen molar-refractivity contribution < 1.29 is 19.1 Å². The third kappa shape index (κ3) is 2.90. The number of hydrogen-bond acceptors (Lipinski definition) is 4. The van der Waals surface area contributed by atoms with E-state index in [1.807, 2.05) is 37.3 Å². The summed E-state index contributed by atoms with van der Waals surface area (Å²) in [6, 6.07) is 16.0. The number of carbonyl (C=O) groups excluding carboxylic acids is 3. The van der Waals surface area contributed by atoms with Crippen molar-refractivity contribution in [3.63, 3.8) is 0 Å². The molecule has 5 heteroatoms. The van der Waals surface area contributed by atoms with E-state index in [1.54, 1.807) is 31.2 Å². The molecule has 0 saturated heterocycles. The largest absolute Gasteiger partial charge is 0.449 e. The van der Waals surface area contributed by atoms with Gasteiger partial charge in [0.15, 0.2) is 11.6 Å². The first-order valence-electron chi connectivity index (χ1n) is 9.78. The van der Waals surface area contributed by atoms with Crippen LogP contribution in [0.2, 0.25) is 0 Å². The topological polar surface area (TPSA) is 65.4 Å². The van der Waals surface area contributed by atoms with Crippen molar-refractivity contribution in [1.82, 2.24) is 4.57 Å². The first-order chi connectivity index (χ1) is 14.1. The van der Waals surface area contributed by atoms with Gasteiger partial charge in [-0.15, -0.1) is 0 Å². The maximum absolute atomic E-state index is 13.5.